The number of Topliss-reactive ketones (excluding diaryl/α,β-unsaturated/α-hetero) is 1. The van der Waals surface area contributed by atoms with Gasteiger partial charge in [0, 0.05) is 43.9 Å². The van der Waals surface area contributed by atoms with E-state index >= 15 is 0 Å². The van der Waals surface area contributed by atoms with Crippen molar-refractivity contribution in [3.63, 3.8) is 0 Å². The number of aliphatic hydroxyl groups is 1. The smallest absolute Gasteiger partial charge is 0.295 e. The van der Waals surface area contributed by atoms with Gasteiger partial charge in [0.05, 0.1) is 41.9 Å². The Bertz CT molecular complexity index is 1190. The van der Waals surface area contributed by atoms with Gasteiger partial charge in [0.2, 0.25) is 0 Å². The van der Waals surface area contributed by atoms with E-state index in [4.69, 9.17) is 21.1 Å². The van der Waals surface area contributed by atoms with Crippen LogP contribution in [0.1, 0.15) is 23.6 Å². The average molecular weight is 516 g/mol. The molecule has 1 atom stereocenters. The lowest BCUT2D eigenvalue weighted by Crippen LogP contribution is -2.38. The van der Waals surface area contributed by atoms with Crippen LogP contribution in [0.3, 0.4) is 0 Å². The molecule has 0 saturated carbocycles. The average Bonchev–Trinajstić information content (AvgIpc) is 3.14. The number of aliphatic hydroxyl groups excluding tert-OH is 1. The fourth-order valence-corrected chi connectivity index (χ4v) is 4.75. The van der Waals surface area contributed by atoms with E-state index in [1.54, 1.807) is 12.1 Å². The maximum atomic E-state index is 13.2. The number of nitro groups is 1. The Morgan fingerprint density at radius 1 is 1.17 bits per heavy atom. The lowest BCUT2D eigenvalue weighted by atomic mass is 9.95. The van der Waals surface area contributed by atoms with Gasteiger partial charge in [-0.25, -0.2) is 0 Å². The number of ketones is 1. The molecule has 0 radical (unpaired) electrons. The zero-order valence-electron chi connectivity index (χ0n) is 19.7. The first kappa shape index (κ1) is 25.6. The van der Waals surface area contributed by atoms with Crippen LogP contribution in [0.2, 0.25) is 5.02 Å². The van der Waals surface area contributed by atoms with Crippen molar-refractivity contribution < 1.29 is 29.1 Å². The Kier molecular flexibility index (Phi) is 7.88. The summed E-state index contributed by atoms with van der Waals surface area (Å²) in [6.45, 7) is 3.87. The van der Waals surface area contributed by atoms with E-state index in [0.29, 0.717) is 37.5 Å². The topological polar surface area (TPSA) is 122 Å². The predicted molar refractivity (Wildman–Crippen MR) is 132 cm³/mol. The number of carbonyl (C=O) groups is 2. The van der Waals surface area contributed by atoms with Crippen molar-refractivity contribution >= 4 is 34.7 Å². The molecule has 2 aliphatic heterocycles. The number of hydrogen-bond donors (Lipinski definition) is 1. The molecular formula is C25H26ClN3O7. The summed E-state index contributed by atoms with van der Waals surface area (Å²) in [5.74, 6) is -1.55. The van der Waals surface area contributed by atoms with Crippen molar-refractivity contribution in [1.82, 2.24) is 9.80 Å². The van der Waals surface area contributed by atoms with Crippen molar-refractivity contribution in [3.8, 4) is 5.75 Å². The molecule has 36 heavy (non-hydrogen) atoms. The van der Waals surface area contributed by atoms with Gasteiger partial charge < -0.3 is 19.5 Å². The fraction of sp³-hybridized carbons (Fsp3) is 0.360. The summed E-state index contributed by atoms with van der Waals surface area (Å²) in [6, 6.07) is 9.26. The number of halogens is 1. The van der Waals surface area contributed by atoms with Crippen LogP contribution in [0, 0.1) is 10.1 Å². The predicted octanol–water partition coefficient (Wildman–Crippen LogP) is 3.40. The Morgan fingerprint density at radius 3 is 2.47 bits per heavy atom. The number of ether oxygens (including phenoxy) is 2. The van der Waals surface area contributed by atoms with E-state index in [2.05, 4.69) is 4.90 Å². The summed E-state index contributed by atoms with van der Waals surface area (Å²) in [7, 11) is 1.46. The third-order valence-electron chi connectivity index (χ3n) is 6.36. The van der Waals surface area contributed by atoms with Crippen LogP contribution in [0.25, 0.3) is 5.76 Å². The van der Waals surface area contributed by atoms with Gasteiger partial charge in [0.15, 0.2) is 0 Å². The highest BCUT2D eigenvalue weighted by atomic mass is 35.5. The summed E-state index contributed by atoms with van der Waals surface area (Å²) in [4.78, 5) is 40.5. The molecule has 0 aliphatic carbocycles. The normalized spacial score (nSPS) is 20.1. The van der Waals surface area contributed by atoms with Gasteiger partial charge in [-0.05, 0) is 42.3 Å². The van der Waals surface area contributed by atoms with Crippen LogP contribution >= 0.6 is 11.6 Å². The number of likely N-dealkylation sites (tertiary alicyclic amines) is 1. The lowest BCUT2D eigenvalue weighted by molar-refractivity contribution is -0.384. The van der Waals surface area contributed by atoms with E-state index in [-0.39, 0.29) is 34.2 Å². The number of amides is 1. The summed E-state index contributed by atoms with van der Waals surface area (Å²) < 4.78 is 10.5. The van der Waals surface area contributed by atoms with E-state index in [9.17, 15) is 24.8 Å². The molecule has 2 fully saturated rings. The number of benzene rings is 2. The molecule has 10 nitrogen and oxygen atoms in total. The van der Waals surface area contributed by atoms with Gasteiger partial charge in [0.1, 0.15) is 11.5 Å². The lowest BCUT2D eigenvalue weighted by Gasteiger charge is -2.29. The van der Waals surface area contributed by atoms with Gasteiger partial charge in [-0.3, -0.25) is 24.6 Å². The fourth-order valence-electron chi connectivity index (χ4n) is 4.49. The highest BCUT2D eigenvalue weighted by molar-refractivity contribution is 6.46. The molecule has 4 rings (SSSR count). The first-order valence-electron chi connectivity index (χ1n) is 11.5. The molecule has 190 valence electrons. The molecule has 1 N–H and O–H groups in total. The Morgan fingerprint density at radius 2 is 1.86 bits per heavy atom. The van der Waals surface area contributed by atoms with Crippen LogP contribution in [0.15, 0.2) is 48.0 Å². The van der Waals surface area contributed by atoms with Crippen molar-refractivity contribution in [3.05, 3.63) is 74.3 Å². The number of nitrogens with zero attached hydrogens (tertiary/aromatic N) is 3. The summed E-state index contributed by atoms with van der Waals surface area (Å²) >= 11 is 6.22. The number of non-ortho nitro benzene ring substituents is 1. The van der Waals surface area contributed by atoms with Gasteiger partial charge in [-0.1, -0.05) is 11.6 Å². The van der Waals surface area contributed by atoms with Gasteiger partial charge in [-0.15, -0.1) is 0 Å². The number of carbonyl (C=O) groups excluding carboxylic acids is 2. The van der Waals surface area contributed by atoms with E-state index in [1.807, 2.05) is 0 Å². The molecule has 2 aromatic carbocycles. The minimum atomic E-state index is -0.906. The van der Waals surface area contributed by atoms with Crippen molar-refractivity contribution in [2.45, 2.75) is 12.5 Å². The third-order valence-corrected chi connectivity index (χ3v) is 6.66. The maximum absolute atomic E-state index is 13.2. The van der Waals surface area contributed by atoms with Gasteiger partial charge in [0.25, 0.3) is 17.4 Å². The summed E-state index contributed by atoms with van der Waals surface area (Å²) in [6.07, 6.45) is 0.602. The second-order valence-corrected chi connectivity index (χ2v) is 8.91. The van der Waals surface area contributed by atoms with E-state index in [1.165, 1.54) is 42.3 Å². The standard InChI is InChI=1S/C25H26ClN3O7/c1-35-20-8-5-17(15-19(20)26)23(30)21-22(16-3-6-18(7-4-16)29(33)34)28(25(32)24(21)31)10-2-9-27-11-13-36-14-12-27/h3-8,15,22,30H,2,9-14H2,1H3. The minimum absolute atomic E-state index is 0.0959. The quantitative estimate of drug-likeness (QED) is 0.186. The van der Waals surface area contributed by atoms with Gasteiger partial charge in [-0.2, -0.15) is 0 Å². The molecule has 2 heterocycles. The van der Waals surface area contributed by atoms with Crippen LogP contribution in [0.5, 0.6) is 5.75 Å². The first-order chi connectivity index (χ1) is 17.3. The zero-order chi connectivity index (χ0) is 25.8. The Hall–Kier alpha value is -3.47. The maximum Gasteiger partial charge on any atom is 0.295 e. The molecule has 11 heteroatoms. The summed E-state index contributed by atoms with van der Waals surface area (Å²) in [5, 5.41) is 22.5. The largest absolute Gasteiger partial charge is 0.507 e. The molecule has 1 amide bonds. The number of methoxy groups -OCH3 is 1. The Labute approximate surface area is 212 Å². The van der Waals surface area contributed by atoms with E-state index in [0.717, 1.165) is 13.1 Å². The van der Waals surface area contributed by atoms with Crippen molar-refractivity contribution in [2.75, 3.05) is 46.5 Å². The second kappa shape index (κ2) is 11.1. The summed E-state index contributed by atoms with van der Waals surface area (Å²) in [5.41, 5.74) is 0.512. The first-order valence-corrected chi connectivity index (χ1v) is 11.9. The van der Waals surface area contributed by atoms with Crippen molar-refractivity contribution in [2.24, 2.45) is 0 Å². The van der Waals surface area contributed by atoms with Crippen molar-refractivity contribution in [1.29, 1.82) is 0 Å². The SMILES string of the molecule is COc1ccc(C(O)=C2C(=O)C(=O)N(CCCN3CCOCC3)C2c2ccc([N+](=O)[O-])cc2)cc1Cl. The molecule has 2 aromatic rings. The van der Waals surface area contributed by atoms with Crippen LogP contribution in [0.4, 0.5) is 5.69 Å². The highest BCUT2D eigenvalue weighted by Gasteiger charge is 2.46. The van der Waals surface area contributed by atoms with Crippen LogP contribution in [-0.4, -0.2) is 78.0 Å². The number of hydrogen-bond acceptors (Lipinski definition) is 8. The molecule has 0 spiro atoms. The third kappa shape index (κ3) is 5.20. The molecule has 1 unspecified atom stereocenters. The molecule has 0 bridgehead atoms. The minimum Gasteiger partial charge on any atom is -0.507 e. The monoisotopic (exact) mass is 515 g/mol. The molecule has 2 aliphatic rings. The highest BCUT2D eigenvalue weighted by Crippen LogP contribution is 2.40. The molecule has 2 saturated heterocycles. The Balaban J connectivity index is 1.70. The van der Waals surface area contributed by atoms with Crippen LogP contribution in [-0.2, 0) is 14.3 Å². The van der Waals surface area contributed by atoms with Gasteiger partial charge >= 0.3 is 0 Å². The van der Waals surface area contributed by atoms with E-state index < -0.39 is 22.7 Å². The molecule has 0 aromatic heterocycles. The number of morpholine rings is 1. The second-order valence-electron chi connectivity index (χ2n) is 8.50. The zero-order valence-corrected chi connectivity index (χ0v) is 20.4. The number of nitro benzene ring substituents is 1. The number of rotatable bonds is 8. The molecular weight excluding hydrogens is 490 g/mol. The van der Waals surface area contributed by atoms with Crippen LogP contribution < -0.4 is 4.74 Å².